The number of nitrogens with one attached hydrogen (secondary N) is 1. The van der Waals surface area contributed by atoms with E-state index in [-0.39, 0.29) is 12.0 Å². The van der Waals surface area contributed by atoms with Gasteiger partial charge in [0.2, 0.25) is 5.91 Å². The highest BCUT2D eigenvalue weighted by Gasteiger charge is 2.23. The predicted octanol–water partition coefficient (Wildman–Crippen LogP) is 1.28. The Kier molecular flexibility index (Phi) is 5.45. The van der Waals surface area contributed by atoms with E-state index in [4.69, 9.17) is 0 Å². The molecule has 0 aromatic carbocycles. The van der Waals surface area contributed by atoms with Crippen LogP contribution >= 0.6 is 0 Å². The Morgan fingerprint density at radius 1 is 1.11 bits per heavy atom. The molecule has 1 heterocycles. The molecule has 1 aliphatic carbocycles. The number of likely N-dealkylation sites (tertiary alicyclic amines) is 1. The van der Waals surface area contributed by atoms with Crippen LogP contribution in [0.5, 0.6) is 0 Å². The van der Waals surface area contributed by atoms with Gasteiger partial charge in [0, 0.05) is 19.1 Å². The minimum Gasteiger partial charge on any atom is -0.392 e. The third kappa shape index (κ3) is 4.58. The van der Waals surface area contributed by atoms with E-state index in [0.717, 1.165) is 25.8 Å². The third-order valence-electron chi connectivity index (χ3n) is 4.08. The molecule has 1 saturated heterocycles. The van der Waals surface area contributed by atoms with E-state index in [1.165, 1.54) is 32.1 Å². The lowest BCUT2D eigenvalue weighted by atomic mass is 9.97. The highest BCUT2D eigenvalue weighted by molar-refractivity contribution is 5.78. The molecule has 4 heteroatoms. The molecule has 1 atom stereocenters. The van der Waals surface area contributed by atoms with E-state index in [0.29, 0.717) is 19.1 Å². The number of aliphatic hydroxyl groups excluding tert-OH is 1. The monoisotopic (exact) mass is 254 g/mol. The Hall–Kier alpha value is -0.610. The summed E-state index contributed by atoms with van der Waals surface area (Å²) in [4.78, 5) is 14.0. The summed E-state index contributed by atoms with van der Waals surface area (Å²) in [6, 6.07) is 0.380. The molecule has 0 spiro atoms. The molecule has 104 valence electrons. The zero-order valence-electron chi connectivity index (χ0n) is 11.2. The largest absolute Gasteiger partial charge is 0.392 e. The first kappa shape index (κ1) is 13.8. The van der Waals surface area contributed by atoms with Crippen LogP contribution in [0.1, 0.15) is 51.4 Å². The highest BCUT2D eigenvalue weighted by atomic mass is 16.3. The average molecular weight is 254 g/mol. The molecule has 2 rings (SSSR count). The van der Waals surface area contributed by atoms with Gasteiger partial charge in [-0.15, -0.1) is 0 Å². The van der Waals surface area contributed by atoms with Crippen molar-refractivity contribution in [2.24, 2.45) is 0 Å². The summed E-state index contributed by atoms with van der Waals surface area (Å²) in [7, 11) is 0. The standard InChI is InChI=1S/C14H26N2O2/c17-13-8-9-16(10-13)11-14(18)15-12-6-4-2-1-3-5-7-12/h12-13,17H,1-11H2,(H,15,18)/t13-/m0/s1. The summed E-state index contributed by atoms with van der Waals surface area (Å²) < 4.78 is 0. The van der Waals surface area contributed by atoms with E-state index in [1.807, 2.05) is 4.90 Å². The lowest BCUT2D eigenvalue weighted by Crippen LogP contribution is -2.42. The molecule has 2 aliphatic rings. The first-order chi connectivity index (χ1) is 8.74. The van der Waals surface area contributed by atoms with Crippen molar-refractivity contribution in [3.05, 3.63) is 0 Å². The van der Waals surface area contributed by atoms with E-state index < -0.39 is 0 Å². The Morgan fingerprint density at radius 2 is 1.78 bits per heavy atom. The minimum absolute atomic E-state index is 0.134. The first-order valence-electron chi connectivity index (χ1n) is 7.44. The van der Waals surface area contributed by atoms with Gasteiger partial charge in [0.15, 0.2) is 0 Å². The minimum atomic E-state index is -0.237. The van der Waals surface area contributed by atoms with E-state index in [2.05, 4.69) is 5.32 Å². The highest BCUT2D eigenvalue weighted by Crippen LogP contribution is 2.17. The van der Waals surface area contributed by atoms with Gasteiger partial charge in [-0.25, -0.2) is 0 Å². The van der Waals surface area contributed by atoms with Crippen LogP contribution < -0.4 is 5.32 Å². The van der Waals surface area contributed by atoms with Crippen LogP contribution in [0.2, 0.25) is 0 Å². The average Bonchev–Trinajstić information content (AvgIpc) is 2.67. The van der Waals surface area contributed by atoms with E-state index in [9.17, 15) is 9.90 Å². The molecule has 0 aromatic heterocycles. The SMILES string of the molecule is O=C(CN1CC[C@H](O)C1)NC1CCCCCCC1. The number of carbonyl (C=O) groups excluding carboxylic acids is 1. The number of hydrogen-bond acceptors (Lipinski definition) is 3. The van der Waals surface area contributed by atoms with Gasteiger partial charge < -0.3 is 10.4 Å². The van der Waals surface area contributed by atoms with E-state index in [1.54, 1.807) is 0 Å². The zero-order valence-corrected chi connectivity index (χ0v) is 11.2. The topological polar surface area (TPSA) is 52.6 Å². The smallest absolute Gasteiger partial charge is 0.234 e. The van der Waals surface area contributed by atoms with Crippen molar-refractivity contribution in [2.75, 3.05) is 19.6 Å². The molecule has 0 unspecified atom stereocenters. The molecule has 18 heavy (non-hydrogen) atoms. The Labute approximate surface area is 110 Å². The van der Waals surface area contributed by atoms with Crippen LogP contribution in [0.3, 0.4) is 0 Å². The van der Waals surface area contributed by atoms with Gasteiger partial charge in [-0.3, -0.25) is 9.69 Å². The van der Waals surface area contributed by atoms with Crippen molar-refractivity contribution in [2.45, 2.75) is 63.5 Å². The molecule has 1 aliphatic heterocycles. The summed E-state index contributed by atoms with van der Waals surface area (Å²) in [5.41, 5.74) is 0. The summed E-state index contributed by atoms with van der Waals surface area (Å²) in [5, 5.41) is 12.6. The molecule has 0 aromatic rings. The third-order valence-corrected chi connectivity index (χ3v) is 4.08. The molecule has 2 N–H and O–H groups in total. The summed E-state index contributed by atoms with van der Waals surface area (Å²) in [6.07, 6.45) is 9.29. The molecule has 2 fully saturated rings. The maximum Gasteiger partial charge on any atom is 0.234 e. The van der Waals surface area contributed by atoms with Crippen molar-refractivity contribution in [1.82, 2.24) is 10.2 Å². The van der Waals surface area contributed by atoms with Crippen molar-refractivity contribution in [3.8, 4) is 0 Å². The van der Waals surface area contributed by atoms with Crippen LogP contribution in [0.4, 0.5) is 0 Å². The maximum atomic E-state index is 11.9. The molecular weight excluding hydrogens is 228 g/mol. The fourth-order valence-corrected chi connectivity index (χ4v) is 3.03. The predicted molar refractivity (Wildman–Crippen MR) is 71.3 cm³/mol. The van der Waals surface area contributed by atoms with Crippen molar-refractivity contribution in [1.29, 1.82) is 0 Å². The normalized spacial score (nSPS) is 27.7. The quantitative estimate of drug-likeness (QED) is 0.798. The Bertz CT molecular complexity index is 263. The van der Waals surface area contributed by atoms with Crippen molar-refractivity contribution >= 4 is 5.91 Å². The number of β-amino-alcohol motifs (C(OH)–C–C–N with tert-alkyl or cyclic N) is 1. The lowest BCUT2D eigenvalue weighted by Gasteiger charge is -2.22. The van der Waals surface area contributed by atoms with Gasteiger partial charge >= 0.3 is 0 Å². The fraction of sp³-hybridized carbons (Fsp3) is 0.929. The van der Waals surface area contributed by atoms with Gasteiger partial charge in [0.25, 0.3) is 0 Å². The zero-order chi connectivity index (χ0) is 12.8. The van der Waals surface area contributed by atoms with Crippen LogP contribution in [0, 0.1) is 0 Å². The number of amides is 1. The number of carbonyl (C=O) groups is 1. The van der Waals surface area contributed by atoms with Gasteiger partial charge in [-0.1, -0.05) is 32.1 Å². The first-order valence-corrected chi connectivity index (χ1v) is 7.44. The Morgan fingerprint density at radius 3 is 2.39 bits per heavy atom. The Balaban J connectivity index is 1.68. The number of rotatable bonds is 3. The van der Waals surface area contributed by atoms with Crippen LogP contribution in [-0.2, 0) is 4.79 Å². The molecule has 0 radical (unpaired) electrons. The van der Waals surface area contributed by atoms with Crippen molar-refractivity contribution < 1.29 is 9.90 Å². The molecule has 1 amide bonds. The number of hydrogen-bond donors (Lipinski definition) is 2. The van der Waals surface area contributed by atoms with Gasteiger partial charge in [0.1, 0.15) is 0 Å². The second kappa shape index (κ2) is 7.10. The van der Waals surface area contributed by atoms with Crippen LogP contribution in [-0.4, -0.2) is 47.7 Å². The maximum absolute atomic E-state index is 11.9. The van der Waals surface area contributed by atoms with E-state index >= 15 is 0 Å². The van der Waals surface area contributed by atoms with Gasteiger partial charge in [-0.05, 0) is 19.3 Å². The number of aliphatic hydroxyl groups is 1. The second-order valence-electron chi connectivity index (χ2n) is 5.79. The van der Waals surface area contributed by atoms with Crippen LogP contribution in [0.15, 0.2) is 0 Å². The summed E-state index contributed by atoms with van der Waals surface area (Å²) in [5.74, 6) is 0.134. The summed E-state index contributed by atoms with van der Waals surface area (Å²) >= 11 is 0. The van der Waals surface area contributed by atoms with Gasteiger partial charge in [-0.2, -0.15) is 0 Å². The summed E-state index contributed by atoms with van der Waals surface area (Å²) in [6.45, 7) is 1.95. The molecule has 4 nitrogen and oxygen atoms in total. The molecule has 1 saturated carbocycles. The van der Waals surface area contributed by atoms with Crippen molar-refractivity contribution in [3.63, 3.8) is 0 Å². The molecule has 0 bridgehead atoms. The molecular formula is C14H26N2O2. The lowest BCUT2D eigenvalue weighted by molar-refractivity contribution is -0.122. The van der Waals surface area contributed by atoms with Crippen LogP contribution in [0.25, 0.3) is 0 Å². The number of nitrogens with zero attached hydrogens (tertiary/aromatic N) is 1. The second-order valence-corrected chi connectivity index (χ2v) is 5.79. The van der Waals surface area contributed by atoms with Gasteiger partial charge in [0.05, 0.1) is 12.6 Å². The fourth-order valence-electron chi connectivity index (χ4n) is 3.03.